The Morgan fingerprint density at radius 1 is 1.05 bits per heavy atom. The molecular formula is C14H11F2N3O2. The zero-order valence-corrected chi connectivity index (χ0v) is 11.0. The Kier molecular flexibility index (Phi) is 4.22. The summed E-state index contributed by atoms with van der Waals surface area (Å²) in [5, 5.41) is 4.12. The second-order valence-electron chi connectivity index (χ2n) is 4.22. The molecule has 0 unspecified atom stereocenters. The lowest BCUT2D eigenvalue weighted by atomic mass is 10.3. The highest BCUT2D eigenvalue weighted by Gasteiger charge is 2.18. The first-order chi connectivity index (χ1) is 9.97. The first-order valence-corrected chi connectivity index (χ1v) is 5.96. The van der Waals surface area contributed by atoms with Crippen molar-refractivity contribution in [3.05, 3.63) is 53.7 Å². The monoisotopic (exact) mass is 291 g/mol. The van der Waals surface area contributed by atoms with Gasteiger partial charge < -0.3 is 10.6 Å². The Morgan fingerprint density at radius 3 is 2.29 bits per heavy atom. The molecule has 21 heavy (non-hydrogen) atoms. The lowest BCUT2D eigenvalue weighted by Gasteiger charge is -2.08. The zero-order valence-electron chi connectivity index (χ0n) is 11.0. The Bertz CT molecular complexity index is 684. The average Bonchev–Trinajstić information content (AvgIpc) is 2.43. The molecule has 0 atom stereocenters. The van der Waals surface area contributed by atoms with Gasteiger partial charge in [0, 0.05) is 6.20 Å². The third kappa shape index (κ3) is 3.59. The van der Waals surface area contributed by atoms with E-state index in [0.717, 1.165) is 23.8 Å². The molecule has 2 N–H and O–H groups in total. The van der Waals surface area contributed by atoms with E-state index in [1.54, 1.807) is 19.1 Å². The van der Waals surface area contributed by atoms with Crippen molar-refractivity contribution in [2.24, 2.45) is 0 Å². The molecule has 0 aliphatic rings. The highest BCUT2D eigenvalue weighted by Crippen LogP contribution is 2.17. The topological polar surface area (TPSA) is 71.1 Å². The largest absolute Gasteiger partial charge is 0.315 e. The summed E-state index contributed by atoms with van der Waals surface area (Å²) < 4.78 is 26.7. The van der Waals surface area contributed by atoms with Crippen molar-refractivity contribution in [1.29, 1.82) is 0 Å². The molecule has 0 fully saturated rings. The number of hydrogen-bond donors (Lipinski definition) is 2. The van der Waals surface area contributed by atoms with Crippen molar-refractivity contribution in [2.75, 3.05) is 10.6 Å². The van der Waals surface area contributed by atoms with Crippen LogP contribution in [0.5, 0.6) is 0 Å². The van der Waals surface area contributed by atoms with Gasteiger partial charge in [-0.25, -0.2) is 13.8 Å². The fraction of sp³-hybridized carbons (Fsp3) is 0.0714. The molecule has 2 amide bonds. The fourth-order valence-electron chi connectivity index (χ4n) is 1.57. The summed E-state index contributed by atoms with van der Waals surface area (Å²) in [6, 6.07) is 6.35. The van der Waals surface area contributed by atoms with Crippen LogP contribution in [0.15, 0.2) is 36.5 Å². The van der Waals surface area contributed by atoms with E-state index >= 15 is 0 Å². The number of aryl methyl sites for hydroxylation is 1. The minimum absolute atomic E-state index is 0.171. The van der Waals surface area contributed by atoms with Gasteiger partial charge in [-0.3, -0.25) is 9.59 Å². The van der Waals surface area contributed by atoms with E-state index in [0.29, 0.717) is 0 Å². The Morgan fingerprint density at radius 2 is 1.67 bits per heavy atom. The first-order valence-electron chi connectivity index (χ1n) is 5.96. The molecule has 1 heterocycles. The number of amides is 2. The molecule has 1 aromatic carbocycles. The Balaban J connectivity index is 2.08. The van der Waals surface area contributed by atoms with Crippen LogP contribution >= 0.6 is 0 Å². The first kappa shape index (κ1) is 14.6. The van der Waals surface area contributed by atoms with Gasteiger partial charge in [0.15, 0.2) is 0 Å². The smallest absolute Gasteiger partial charge is 0.313 e. The van der Waals surface area contributed by atoms with Crippen LogP contribution in [0, 0.1) is 18.6 Å². The number of nitrogens with one attached hydrogen (secondary N) is 2. The number of nitrogens with zero attached hydrogens (tertiary/aromatic N) is 1. The predicted octanol–water partition coefficient (Wildman–Crippen LogP) is 2.25. The van der Waals surface area contributed by atoms with Gasteiger partial charge in [0.05, 0.1) is 0 Å². The molecule has 5 nitrogen and oxygen atoms in total. The van der Waals surface area contributed by atoms with Crippen molar-refractivity contribution < 1.29 is 18.4 Å². The molecule has 0 aliphatic heterocycles. The number of benzene rings is 1. The van der Waals surface area contributed by atoms with E-state index in [1.807, 2.05) is 5.32 Å². The van der Waals surface area contributed by atoms with Crippen LogP contribution in [-0.2, 0) is 9.59 Å². The van der Waals surface area contributed by atoms with Gasteiger partial charge in [0.1, 0.15) is 23.1 Å². The second-order valence-corrected chi connectivity index (χ2v) is 4.22. The predicted molar refractivity (Wildman–Crippen MR) is 72.6 cm³/mol. The van der Waals surface area contributed by atoms with E-state index < -0.39 is 29.1 Å². The molecule has 7 heteroatoms. The molecule has 2 aromatic rings. The molecule has 2 rings (SSSR count). The number of hydrogen-bond acceptors (Lipinski definition) is 3. The van der Waals surface area contributed by atoms with Crippen molar-refractivity contribution in [1.82, 2.24) is 4.98 Å². The highest BCUT2D eigenvalue weighted by molar-refractivity contribution is 6.43. The molecule has 0 spiro atoms. The number of para-hydroxylation sites is 1. The lowest BCUT2D eigenvalue weighted by molar-refractivity contribution is -0.133. The highest BCUT2D eigenvalue weighted by atomic mass is 19.1. The maximum Gasteiger partial charge on any atom is 0.315 e. The fourth-order valence-corrected chi connectivity index (χ4v) is 1.57. The average molecular weight is 291 g/mol. The zero-order chi connectivity index (χ0) is 15.4. The summed E-state index contributed by atoms with van der Waals surface area (Å²) in [6.07, 6.45) is 1.46. The Hall–Kier alpha value is -2.83. The van der Waals surface area contributed by atoms with Crippen molar-refractivity contribution >= 4 is 23.3 Å². The summed E-state index contributed by atoms with van der Waals surface area (Å²) in [6.45, 7) is 1.78. The summed E-state index contributed by atoms with van der Waals surface area (Å²) in [7, 11) is 0. The van der Waals surface area contributed by atoms with Gasteiger partial charge in [-0.1, -0.05) is 6.07 Å². The molecular weight excluding hydrogens is 280 g/mol. The van der Waals surface area contributed by atoms with Gasteiger partial charge in [0.25, 0.3) is 0 Å². The van der Waals surface area contributed by atoms with E-state index in [1.165, 1.54) is 6.20 Å². The van der Waals surface area contributed by atoms with Crippen molar-refractivity contribution in [3.8, 4) is 0 Å². The van der Waals surface area contributed by atoms with Crippen LogP contribution in [0.3, 0.4) is 0 Å². The van der Waals surface area contributed by atoms with Crippen LogP contribution < -0.4 is 10.6 Å². The summed E-state index contributed by atoms with van der Waals surface area (Å²) in [5.41, 5.74) is 0.163. The second kappa shape index (κ2) is 6.08. The molecule has 0 radical (unpaired) electrons. The quantitative estimate of drug-likeness (QED) is 0.834. The number of pyridine rings is 1. The summed E-state index contributed by atoms with van der Waals surface area (Å²) >= 11 is 0. The van der Waals surface area contributed by atoms with Gasteiger partial charge in [-0.05, 0) is 36.8 Å². The van der Waals surface area contributed by atoms with Gasteiger partial charge in [-0.2, -0.15) is 0 Å². The maximum absolute atomic E-state index is 13.4. The van der Waals surface area contributed by atoms with Gasteiger partial charge in [0.2, 0.25) is 0 Å². The molecule has 0 saturated heterocycles. The number of rotatable bonds is 2. The summed E-state index contributed by atoms with van der Waals surface area (Å²) in [5.74, 6) is -4.03. The normalized spacial score (nSPS) is 10.0. The Labute approximate surface area is 119 Å². The number of anilines is 2. The van der Waals surface area contributed by atoms with Gasteiger partial charge in [-0.15, -0.1) is 0 Å². The third-order valence-electron chi connectivity index (χ3n) is 2.56. The number of aromatic nitrogens is 1. The van der Waals surface area contributed by atoms with E-state index in [9.17, 15) is 18.4 Å². The number of halogens is 2. The number of carbonyl (C=O) groups excluding carboxylic acids is 2. The molecule has 0 saturated carbocycles. The molecule has 108 valence electrons. The van der Waals surface area contributed by atoms with Crippen LogP contribution in [0.1, 0.15) is 5.56 Å². The van der Waals surface area contributed by atoms with Crippen LogP contribution in [0.4, 0.5) is 20.3 Å². The maximum atomic E-state index is 13.4. The number of carbonyl (C=O) groups is 2. The standard InChI is InChI=1S/C14H11F2N3O2/c1-8-5-6-17-11(7-8)18-13(20)14(21)19-12-9(15)3-2-4-10(12)16/h2-7H,1H3,(H,19,21)(H,17,18,20). The van der Waals surface area contributed by atoms with E-state index in [4.69, 9.17) is 0 Å². The van der Waals surface area contributed by atoms with E-state index in [-0.39, 0.29) is 5.82 Å². The third-order valence-corrected chi connectivity index (χ3v) is 2.56. The van der Waals surface area contributed by atoms with Gasteiger partial charge >= 0.3 is 11.8 Å². The SMILES string of the molecule is Cc1ccnc(NC(=O)C(=O)Nc2c(F)cccc2F)c1. The lowest BCUT2D eigenvalue weighted by Crippen LogP contribution is -2.30. The van der Waals surface area contributed by atoms with Crippen LogP contribution in [0.25, 0.3) is 0 Å². The van der Waals surface area contributed by atoms with Crippen LogP contribution in [-0.4, -0.2) is 16.8 Å². The molecule has 0 aliphatic carbocycles. The minimum atomic E-state index is -1.19. The molecule has 0 bridgehead atoms. The van der Waals surface area contributed by atoms with Crippen molar-refractivity contribution in [3.63, 3.8) is 0 Å². The summed E-state index contributed by atoms with van der Waals surface area (Å²) in [4.78, 5) is 27.1. The molecule has 1 aromatic heterocycles. The van der Waals surface area contributed by atoms with Crippen LogP contribution in [0.2, 0.25) is 0 Å². The van der Waals surface area contributed by atoms with E-state index in [2.05, 4.69) is 10.3 Å². The minimum Gasteiger partial charge on any atom is -0.313 e. The van der Waals surface area contributed by atoms with Crippen molar-refractivity contribution in [2.45, 2.75) is 6.92 Å².